The topological polar surface area (TPSA) is 57.2 Å². The number of hydrogen-bond donors (Lipinski definition) is 0. The lowest BCUT2D eigenvalue weighted by Crippen LogP contribution is -2.42. The van der Waals surface area contributed by atoms with E-state index < -0.39 is 0 Å². The third-order valence-electron chi connectivity index (χ3n) is 5.25. The molecule has 156 valence electrons. The Balaban J connectivity index is 1.95. The van der Waals surface area contributed by atoms with E-state index in [4.69, 9.17) is 18.9 Å². The molecule has 1 aliphatic rings. The van der Waals surface area contributed by atoms with Crippen molar-refractivity contribution in [2.75, 3.05) is 34.5 Å². The van der Waals surface area contributed by atoms with E-state index in [-0.39, 0.29) is 11.9 Å². The van der Waals surface area contributed by atoms with Gasteiger partial charge >= 0.3 is 0 Å². The van der Waals surface area contributed by atoms with Gasteiger partial charge < -0.3 is 23.8 Å². The Hall–Kier alpha value is -2.89. The van der Waals surface area contributed by atoms with Gasteiger partial charge in [0.1, 0.15) is 6.61 Å². The molecule has 0 spiro atoms. The largest absolute Gasteiger partial charge is 0.493 e. The summed E-state index contributed by atoms with van der Waals surface area (Å²) in [7, 11) is 4.87. The maximum atomic E-state index is 12.8. The summed E-state index contributed by atoms with van der Waals surface area (Å²) in [6.07, 6.45) is 2.11. The van der Waals surface area contributed by atoms with Gasteiger partial charge in [-0.05, 0) is 48.2 Å². The molecule has 1 amide bonds. The summed E-state index contributed by atoms with van der Waals surface area (Å²) in [6.45, 7) is 3.00. The van der Waals surface area contributed by atoms with Crippen molar-refractivity contribution in [3.63, 3.8) is 0 Å². The van der Waals surface area contributed by atoms with Gasteiger partial charge in [-0.3, -0.25) is 4.79 Å². The fourth-order valence-corrected chi connectivity index (χ4v) is 3.77. The zero-order valence-electron chi connectivity index (χ0n) is 17.6. The highest BCUT2D eigenvalue weighted by molar-refractivity contribution is 5.77. The monoisotopic (exact) mass is 399 g/mol. The number of carbonyl (C=O) groups excluding carboxylic acids is 1. The molecule has 0 saturated carbocycles. The minimum Gasteiger partial charge on any atom is -0.493 e. The maximum absolute atomic E-state index is 12.8. The van der Waals surface area contributed by atoms with Gasteiger partial charge in [0.2, 0.25) is 5.91 Å². The molecule has 3 rings (SSSR count). The summed E-state index contributed by atoms with van der Waals surface area (Å²) in [5.41, 5.74) is 2.19. The Morgan fingerprint density at radius 3 is 2.31 bits per heavy atom. The summed E-state index contributed by atoms with van der Waals surface area (Å²) >= 11 is 0. The number of hydrogen-bond acceptors (Lipinski definition) is 5. The second-order valence-electron chi connectivity index (χ2n) is 6.97. The summed E-state index contributed by atoms with van der Waals surface area (Å²) in [5.74, 6) is 2.82. The van der Waals surface area contributed by atoms with Crippen molar-refractivity contribution in [1.82, 2.24) is 4.90 Å². The third kappa shape index (κ3) is 4.42. The third-order valence-corrected chi connectivity index (χ3v) is 5.25. The van der Waals surface area contributed by atoms with Crippen LogP contribution in [0.1, 0.15) is 36.9 Å². The van der Waals surface area contributed by atoms with Crippen LogP contribution < -0.4 is 18.9 Å². The van der Waals surface area contributed by atoms with Crippen molar-refractivity contribution in [2.45, 2.75) is 32.2 Å². The summed E-state index contributed by atoms with van der Waals surface area (Å²) in [5, 5.41) is 0. The fraction of sp³-hybridized carbons (Fsp3) is 0.435. The fourth-order valence-electron chi connectivity index (χ4n) is 3.77. The van der Waals surface area contributed by atoms with Crippen molar-refractivity contribution < 1.29 is 23.7 Å². The molecule has 0 aliphatic carbocycles. The first-order valence-electron chi connectivity index (χ1n) is 9.93. The minimum absolute atomic E-state index is 0.140. The standard InChI is InChI=1S/C23H29NO5/c1-5-8-23(25)24-12-11-16-13-21(27-3)22(28-4)14-17(16)18(24)15-29-20-10-7-6-9-19(20)26-2/h6-7,9-10,13-14,18H,5,8,11-12,15H2,1-4H3/t18-/m1/s1. The van der Waals surface area contributed by atoms with Gasteiger partial charge in [-0.25, -0.2) is 0 Å². The second-order valence-corrected chi connectivity index (χ2v) is 6.97. The summed E-state index contributed by atoms with van der Waals surface area (Å²) in [4.78, 5) is 14.7. The number of nitrogens with zero attached hydrogens (tertiary/aromatic N) is 1. The van der Waals surface area contributed by atoms with Crippen molar-refractivity contribution in [1.29, 1.82) is 0 Å². The highest BCUT2D eigenvalue weighted by Gasteiger charge is 2.32. The van der Waals surface area contributed by atoms with Crippen molar-refractivity contribution in [3.05, 3.63) is 47.5 Å². The molecule has 2 aromatic carbocycles. The number of amides is 1. The van der Waals surface area contributed by atoms with E-state index in [0.29, 0.717) is 42.6 Å². The molecular weight excluding hydrogens is 370 g/mol. The number of benzene rings is 2. The molecule has 6 heteroatoms. The lowest BCUT2D eigenvalue weighted by Gasteiger charge is -2.37. The first kappa shape index (κ1) is 20.8. The zero-order valence-corrected chi connectivity index (χ0v) is 17.6. The molecule has 1 aliphatic heterocycles. The van der Waals surface area contributed by atoms with E-state index in [1.165, 1.54) is 0 Å². The van der Waals surface area contributed by atoms with E-state index in [9.17, 15) is 4.79 Å². The molecular formula is C23H29NO5. The first-order valence-corrected chi connectivity index (χ1v) is 9.93. The van der Waals surface area contributed by atoms with Crippen LogP contribution in [0.4, 0.5) is 0 Å². The molecule has 0 N–H and O–H groups in total. The van der Waals surface area contributed by atoms with Gasteiger partial charge in [0.05, 0.1) is 27.4 Å². The Morgan fingerprint density at radius 2 is 1.66 bits per heavy atom. The van der Waals surface area contributed by atoms with Crippen molar-refractivity contribution in [3.8, 4) is 23.0 Å². The summed E-state index contributed by atoms with van der Waals surface area (Å²) in [6, 6.07) is 11.3. The van der Waals surface area contributed by atoms with Crippen LogP contribution in [0.5, 0.6) is 23.0 Å². The second kappa shape index (κ2) is 9.54. The number of methoxy groups -OCH3 is 3. The smallest absolute Gasteiger partial charge is 0.223 e. The summed E-state index contributed by atoms with van der Waals surface area (Å²) < 4.78 is 22.5. The van der Waals surface area contributed by atoms with Crippen LogP contribution in [0.2, 0.25) is 0 Å². The van der Waals surface area contributed by atoms with Crippen LogP contribution in [0.15, 0.2) is 36.4 Å². The van der Waals surface area contributed by atoms with E-state index in [2.05, 4.69) is 0 Å². The zero-order chi connectivity index (χ0) is 20.8. The molecule has 6 nitrogen and oxygen atoms in total. The van der Waals surface area contributed by atoms with Crippen LogP contribution in [-0.2, 0) is 11.2 Å². The van der Waals surface area contributed by atoms with Crippen LogP contribution in [0.3, 0.4) is 0 Å². The molecule has 29 heavy (non-hydrogen) atoms. The molecule has 0 aromatic heterocycles. The van der Waals surface area contributed by atoms with Gasteiger partial charge in [0, 0.05) is 13.0 Å². The van der Waals surface area contributed by atoms with Crippen molar-refractivity contribution >= 4 is 5.91 Å². The van der Waals surface area contributed by atoms with Gasteiger partial charge in [0.25, 0.3) is 0 Å². The minimum atomic E-state index is -0.206. The Bertz CT molecular complexity index is 851. The van der Waals surface area contributed by atoms with Gasteiger partial charge in [-0.15, -0.1) is 0 Å². The van der Waals surface area contributed by atoms with Crippen LogP contribution in [-0.4, -0.2) is 45.3 Å². The lowest BCUT2D eigenvalue weighted by molar-refractivity contribution is -0.135. The number of fused-ring (bicyclic) bond motifs is 1. The molecule has 0 fully saturated rings. The van der Waals surface area contributed by atoms with Crippen LogP contribution in [0.25, 0.3) is 0 Å². The Morgan fingerprint density at radius 1 is 1.00 bits per heavy atom. The number of carbonyl (C=O) groups is 1. The predicted octanol–water partition coefficient (Wildman–Crippen LogP) is 4.02. The molecule has 1 heterocycles. The Kier molecular flexibility index (Phi) is 6.86. The average molecular weight is 399 g/mol. The molecule has 2 aromatic rings. The molecule has 0 saturated heterocycles. The van der Waals surface area contributed by atoms with E-state index >= 15 is 0 Å². The van der Waals surface area contributed by atoms with Crippen LogP contribution >= 0.6 is 0 Å². The average Bonchev–Trinajstić information content (AvgIpc) is 2.76. The van der Waals surface area contributed by atoms with Gasteiger partial charge in [-0.1, -0.05) is 19.1 Å². The molecule has 0 unspecified atom stereocenters. The van der Waals surface area contributed by atoms with Gasteiger partial charge in [-0.2, -0.15) is 0 Å². The van der Waals surface area contributed by atoms with Gasteiger partial charge in [0.15, 0.2) is 23.0 Å². The Labute approximate surface area is 172 Å². The normalized spacial score (nSPS) is 15.4. The van der Waals surface area contributed by atoms with E-state index in [1.807, 2.05) is 48.2 Å². The molecule has 1 atom stereocenters. The number of ether oxygens (including phenoxy) is 4. The number of para-hydroxylation sites is 2. The highest BCUT2D eigenvalue weighted by Crippen LogP contribution is 2.39. The SMILES string of the molecule is CCCC(=O)N1CCc2cc(OC)c(OC)cc2[C@H]1COc1ccccc1OC. The van der Waals surface area contributed by atoms with E-state index in [1.54, 1.807) is 21.3 Å². The lowest BCUT2D eigenvalue weighted by atomic mass is 9.91. The first-order chi connectivity index (χ1) is 14.1. The van der Waals surface area contributed by atoms with E-state index in [0.717, 1.165) is 24.0 Å². The van der Waals surface area contributed by atoms with Crippen molar-refractivity contribution in [2.24, 2.45) is 0 Å². The van der Waals surface area contributed by atoms with Crippen LogP contribution in [0, 0.1) is 0 Å². The quantitative estimate of drug-likeness (QED) is 0.671. The predicted molar refractivity (Wildman–Crippen MR) is 111 cm³/mol. The maximum Gasteiger partial charge on any atom is 0.223 e. The highest BCUT2D eigenvalue weighted by atomic mass is 16.5. The molecule has 0 bridgehead atoms. The number of rotatable bonds is 8. The molecule has 0 radical (unpaired) electrons.